The first-order valence-electron chi connectivity index (χ1n) is 11.4. The van der Waals surface area contributed by atoms with Gasteiger partial charge in [0.1, 0.15) is 17.3 Å². The second kappa shape index (κ2) is 12.3. The number of benzene rings is 3. The number of esters is 2. The average Bonchev–Trinajstić information content (AvgIpc) is 2.85. The van der Waals surface area contributed by atoms with E-state index < -0.39 is 17.8 Å². The Bertz CT molecular complexity index is 1310. The van der Waals surface area contributed by atoms with Gasteiger partial charge in [-0.1, -0.05) is 37.4 Å². The molecule has 0 aliphatic carbocycles. The number of carbonyl (C=O) groups excluding carboxylic acids is 2. The van der Waals surface area contributed by atoms with Gasteiger partial charge < -0.3 is 18.9 Å². The normalized spacial score (nSPS) is 10.6. The minimum absolute atomic E-state index is 0.207. The smallest absolute Gasteiger partial charge is 0.338 e. The Kier molecular flexibility index (Phi) is 9.11. The highest BCUT2D eigenvalue weighted by atomic mass is 19.1. The molecule has 0 aliphatic rings. The lowest BCUT2D eigenvalue weighted by Gasteiger charge is -2.18. The van der Waals surface area contributed by atoms with Crippen LogP contribution in [-0.2, 0) is 32.3 Å². The molecule has 0 aliphatic heterocycles. The van der Waals surface area contributed by atoms with Gasteiger partial charge in [0.05, 0.1) is 13.2 Å². The third kappa shape index (κ3) is 6.78. The first kappa shape index (κ1) is 27.5. The summed E-state index contributed by atoms with van der Waals surface area (Å²) in [6.45, 7) is 10.7. The predicted molar refractivity (Wildman–Crippen MR) is 140 cm³/mol. The molecule has 7 heteroatoms. The third-order valence-corrected chi connectivity index (χ3v) is 5.42. The van der Waals surface area contributed by atoms with Gasteiger partial charge in [-0.15, -0.1) is 0 Å². The maximum Gasteiger partial charge on any atom is 0.338 e. The van der Waals surface area contributed by atoms with Crippen LogP contribution in [0.1, 0.15) is 25.0 Å². The molecule has 0 atom stereocenters. The molecule has 3 rings (SSSR count). The first-order valence-corrected chi connectivity index (χ1v) is 11.4. The van der Waals surface area contributed by atoms with E-state index in [1.807, 2.05) is 0 Å². The van der Waals surface area contributed by atoms with Crippen molar-refractivity contribution in [2.45, 2.75) is 27.1 Å². The first-order chi connectivity index (χ1) is 17.6. The van der Waals surface area contributed by atoms with Gasteiger partial charge in [-0.05, 0) is 72.0 Å². The zero-order chi connectivity index (χ0) is 27.1. The Hall–Kier alpha value is -4.07. The highest BCUT2D eigenvalue weighted by molar-refractivity contribution is 5.89. The molecule has 0 fully saturated rings. The molecule has 0 N–H and O–H groups in total. The summed E-state index contributed by atoms with van der Waals surface area (Å²) in [7, 11) is 3.10. The summed E-state index contributed by atoms with van der Waals surface area (Å²) in [5, 5.41) is 0. The van der Waals surface area contributed by atoms with Crippen molar-refractivity contribution in [2.75, 3.05) is 14.2 Å². The standard InChI is InChI=1S/C30H29FO6/c1-18(2)29(32)36-24-10-7-20(8-11-24)26-12-9-21(15-27(26)31)28-22(16-34-5)13-25(14-23(28)17-35-6)37-30(33)19(3)4/h7-15H,1,3,16-17H2,2,4-6H3. The SMILES string of the molecule is C=C(C)C(=O)Oc1ccc(-c2ccc(-c3c(COC)cc(OC(=O)C(=C)C)cc3COC)cc2F)cc1. The van der Waals surface area contributed by atoms with Crippen molar-refractivity contribution in [3.63, 3.8) is 0 Å². The number of carbonyl (C=O) groups is 2. The second-order valence-corrected chi connectivity index (χ2v) is 8.54. The van der Waals surface area contributed by atoms with Crippen molar-refractivity contribution in [2.24, 2.45) is 0 Å². The van der Waals surface area contributed by atoms with E-state index in [1.54, 1.807) is 76.6 Å². The zero-order valence-corrected chi connectivity index (χ0v) is 21.4. The van der Waals surface area contributed by atoms with E-state index in [0.717, 1.165) is 5.56 Å². The molecule has 0 bridgehead atoms. The van der Waals surface area contributed by atoms with Crippen LogP contribution in [0.5, 0.6) is 11.5 Å². The quantitative estimate of drug-likeness (QED) is 0.180. The Morgan fingerprint density at radius 3 is 1.68 bits per heavy atom. The van der Waals surface area contributed by atoms with Crippen LogP contribution in [0, 0.1) is 5.82 Å². The molecule has 192 valence electrons. The molecule has 0 radical (unpaired) electrons. The van der Waals surface area contributed by atoms with E-state index >= 15 is 4.39 Å². The van der Waals surface area contributed by atoms with E-state index in [0.29, 0.717) is 39.3 Å². The fourth-order valence-electron chi connectivity index (χ4n) is 3.70. The van der Waals surface area contributed by atoms with Gasteiger partial charge in [-0.25, -0.2) is 14.0 Å². The Morgan fingerprint density at radius 1 is 0.730 bits per heavy atom. The molecular weight excluding hydrogens is 475 g/mol. The van der Waals surface area contributed by atoms with E-state index in [2.05, 4.69) is 13.2 Å². The van der Waals surface area contributed by atoms with Gasteiger partial charge in [0.25, 0.3) is 0 Å². The summed E-state index contributed by atoms with van der Waals surface area (Å²) in [5.41, 5.74) is 4.32. The Morgan fingerprint density at radius 2 is 1.22 bits per heavy atom. The molecule has 3 aromatic carbocycles. The molecule has 6 nitrogen and oxygen atoms in total. The van der Waals surface area contributed by atoms with Crippen molar-refractivity contribution < 1.29 is 32.9 Å². The maximum absolute atomic E-state index is 15.4. The highest BCUT2D eigenvalue weighted by Gasteiger charge is 2.18. The van der Waals surface area contributed by atoms with Gasteiger partial charge in [0.15, 0.2) is 0 Å². The number of methoxy groups -OCH3 is 2. The van der Waals surface area contributed by atoms with Gasteiger partial charge in [-0.2, -0.15) is 0 Å². The number of ether oxygens (including phenoxy) is 4. The van der Waals surface area contributed by atoms with Crippen molar-refractivity contribution in [3.8, 4) is 33.8 Å². The van der Waals surface area contributed by atoms with Crippen LogP contribution < -0.4 is 9.47 Å². The lowest BCUT2D eigenvalue weighted by molar-refractivity contribution is -0.130. The summed E-state index contributed by atoms with van der Waals surface area (Å²) >= 11 is 0. The van der Waals surface area contributed by atoms with Crippen LogP contribution in [0.3, 0.4) is 0 Å². The largest absolute Gasteiger partial charge is 0.423 e. The highest BCUT2D eigenvalue weighted by Crippen LogP contribution is 2.36. The maximum atomic E-state index is 15.4. The van der Waals surface area contributed by atoms with E-state index in [9.17, 15) is 9.59 Å². The number of halogens is 1. The topological polar surface area (TPSA) is 71.1 Å². The van der Waals surface area contributed by atoms with Crippen molar-refractivity contribution >= 4 is 11.9 Å². The molecule has 0 saturated carbocycles. The van der Waals surface area contributed by atoms with Crippen molar-refractivity contribution in [3.05, 3.63) is 95.8 Å². The van der Waals surface area contributed by atoms with Gasteiger partial charge in [0, 0.05) is 30.9 Å². The summed E-state index contributed by atoms with van der Waals surface area (Å²) < 4.78 is 36.8. The Labute approximate surface area is 215 Å². The molecule has 0 amide bonds. The van der Waals surface area contributed by atoms with E-state index in [1.165, 1.54) is 6.07 Å². The monoisotopic (exact) mass is 504 g/mol. The Balaban J connectivity index is 2.00. The third-order valence-electron chi connectivity index (χ3n) is 5.42. The number of hydrogen-bond donors (Lipinski definition) is 0. The van der Waals surface area contributed by atoms with Crippen LogP contribution in [0.4, 0.5) is 4.39 Å². The van der Waals surface area contributed by atoms with Crippen LogP contribution in [-0.4, -0.2) is 26.2 Å². The summed E-state index contributed by atoms with van der Waals surface area (Å²) in [6, 6.07) is 14.9. The molecular formula is C30H29FO6. The second-order valence-electron chi connectivity index (χ2n) is 8.54. The van der Waals surface area contributed by atoms with Crippen molar-refractivity contribution in [1.29, 1.82) is 0 Å². The molecule has 3 aromatic rings. The van der Waals surface area contributed by atoms with Crippen LogP contribution in [0.15, 0.2) is 78.9 Å². The van der Waals surface area contributed by atoms with Gasteiger partial charge >= 0.3 is 11.9 Å². The molecule has 0 unspecified atom stereocenters. The molecule has 0 saturated heterocycles. The van der Waals surface area contributed by atoms with Gasteiger partial charge in [0.2, 0.25) is 0 Å². The van der Waals surface area contributed by atoms with E-state index in [-0.39, 0.29) is 24.4 Å². The van der Waals surface area contributed by atoms with Crippen LogP contribution in [0.25, 0.3) is 22.3 Å². The molecule has 0 aromatic heterocycles. The number of rotatable bonds is 10. The van der Waals surface area contributed by atoms with Crippen molar-refractivity contribution in [1.82, 2.24) is 0 Å². The summed E-state index contributed by atoms with van der Waals surface area (Å²) in [5.74, 6) is -0.846. The minimum Gasteiger partial charge on any atom is -0.423 e. The summed E-state index contributed by atoms with van der Waals surface area (Å²) in [6.07, 6.45) is 0. The fraction of sp³-hybridized carbons (Fsp3) is 0.200. The predicted octanol–water partition coefficient (Wildman–Crippen LogP) is 6.42. The lowest BCUT2D eigenvalue weighted by atomic mass is 9.92. The molecule has 37 heavy (non-hydrogen) atoms. The fourth-order valence-corrected chi connectivity index (χ4v) is 3.70. The average molecular weight is 505 g/mol. The zero-order valence-electron chi connectivity index (χ0n) is 21.4. The molecule has 0 heterocycles. The lowest BCUT2D eigenvalue weighted by Crippen LogP contribution is -2.10. The minimum atomic E-state index is -0.546. The summed E-state index contributed by atoms with van der Waals surface area (Å²) in [4.78, 5) is 23.8. The van der Waals surface area contributed by atoms with Crippen LogP contribution in [0.2, 0.25) is 0 Å². The molecule has 0 spiro atoms. The number of hydrogen-bond acceptors (Lipinski definition) is 6. The van der Waals surface area contributed by atoms with E-state index in [4.69, 9.17) is 18.9 Å². The van der Waals surface area contributed by atoms with Gasteiger partial charge in [-0.3, -0.25) is 0 Å². The van der Waals surface area contributed by atoms with Crippen LogP contribution >= 0.6 is 0 Å².